The number of piperazine rings is 1. The molecule has 0 atom stereocenters. The summed E-state index contributed by atoms with van der Waals surface area (Å²) in [5.41, 5.74) is 0.550. The Morgan fingerprint density at radius 3 is 2.67 bits per heavy atom. The van der Waals surface area contributed by atoms with Gasteiger partial charge in [0.05, 0.1) is 17.1 Å². The minimum Gasteiger partial charge on any atom is -0.450 e. The van der Waals surface area contributed by atoms with Gasteiger partial charge in [0.15, 0.2) is 0 Å². The lowest BCUT2D eigenvalue weighted by Crippen LogP contribution is -2.49. The smallest absolute Gasteiger partial charge is 0.409 e. The Bertz CT molecular complexity index is 1240. The van der Waals surface area contributed by atoms with Gasteiger partial charge >= 0.3 is 6.09 Å². The van der Waals surface area contributed by atoms with Crippen molar-refractivity contribution >= 4 is 57.8 Å². The van der Waals surface area contributed by atoms with Gasteiger partial charge in [0.25, 0.3) is 11.5 Å². The number of hydrogen-bond acceptors (Lipinski definition) is 9. The van der Waals surface area contributed by atoms with Crippen molar-refractivity contribution in [3.8, 4) is 0 Å². The molecule has 0 N–H and O–H groups in total. The van der Waals surface area contributed by atoms with E-state index in [-0.39, 0.29) is 17.6 Å². The maximum Gasteiger partial charge on any atom is 0.409 e. The molecule has 2 aliphatic rings. The van der Waals surface area contributed by atoms with E-state index in [1.807, 2.05) is 17.9 Å². The molecule has 0 radical (unpaired) electrons. The molecular weight excluding hydrogens is 502 g/mol. The third kappa shape index (κ3) is 5.55. The lowest BCUT2D eigenvalue weighted by Gasteiger charge is -2.35. The Kier molecular flexibility index (Phi) is 8.60. The number of thioether (sulfide) groups is 1. The average molecular weight is 532 g/mol. The molecule has 0 aromatic carbocycles. The number of hydrogen-bond donors (Lipinski definition) is 0. The van der Waals surface area contributed by atoms with Crippen LogP contribution in [0.2, 0.25) is 0 Å². The Hall–Kier alpha value is -2.96. The van der Waals surface area contributed by atoms with Crippen LogP contribution in [-0.4, -0.2) is 88.0 Å². The first-order chi connectivity index (χ1) is 17.4. The van der Waals surface area contributed by atoms with Crippen LogP contribution < -0.4 is 10.5 Å². The maximum atomic E-state index is 13.5. The van der Waals surface area contributed by atoms with Gasteiger partial charge in [-0.25, -0.2) is 9.78 Å². The molecule has 4 heterocycles. The molecule has 2 saturated heterocycles. The van der Waals surface area contributed by atoms with Crippen molar-refractivity contribution in [3.63, 3.8) is 0 Å². The second-order valence-corrected chi connectivity index (χ2v) is 9.82. The SMILES string of the molecule is CCOCCCN1C(=O)C(=Cc2c(N3CCN(C(=O)OCC)CC3)nc3ccccn3c2=O)SC1=S. The number of carbonyl (C=O) groups is 2. The number of anilines is 1. The third-order valence-corrected chi connectivity index (χ3v) is 7.26. The number of thiocarbonyl (C=S) groups is 1. The van der Waals surface area contributed by atoms with Crippen molar-refractivity contribution in [2.45, 2.75) is 20.3 Å². The van der Waals surface area contributed by atoms with Crippen LogP contribution in [0.4, 0.5) is 10.6 Å². The highest BCUT2D eigenvalue weighted by atomic mass is 32.2. The van der Waals surface area contributed by atoms with Gasteiger partial charge in [0, 0.05) is 52.1 Å². The number of pyridine rings is 1. The molecule has 0 bridgehead atoms. The summed E-state index contributed by atoms with van der Waals surface area (Å²) in [5, 5.41) is 0. The molecule has 0 aliphatic carbocycles. The van der Waals surface area contributed by atoms with Gasteiger partial charge in [-0.15, -0.1) is 0 Å². The highest BCUT2D eigenvalue weighted by Crippen LogP contribution is 2.33. The standard InChI is InChI=1S/C24H29N5O5S2/c1-3-33-15-7-10-29-22(31)18(36-24(29)35)16-17-20(25-19-8-5-6-9-28(19)21(17)30)26-11-13-27(14-12-26)23(32)34-4-2/h5-6,8-9,16H,3-4,7,10-15H2,1-2H3. The third-order valence-electron chi connectivity index (χ3n) is 5.88. The van der Waals surface area contributed by atoms with E-state index >= 15 is 0 Å². The first-order valence-electron chi connectivity index (χ1n) is 12.0. The molecule has 12 heteroatoms. The van der Waals surface area contributed by atoms with Crippen LogP contribution in [0.1, 0.15) is 25.8 Å². The number of aromatic nitrogens is 2. The van der Waals surface area contributed by atoms with Crippen LogP contribution in [0.25, 0.3) is 11.7 Å². The predicted octanol–water partition coefficient (Wildman–Crippen LogP) is 2.60. The van der Waals surface area contributed by atoms with Crippen molar-refractivity contribution in [1.82, 2.24) is 19.2 Å². The Morgan fingerprint density at radius 2 is 1.94 bits per heavy atom. The van der Waals surface area contributed by atoms with E-state index in [2.05, 4.69) is 0 Å². The molecule has 10 nitrogen and oxygen atoms in total. The zero-order valence-electron chi connectivity index (χ0n) is 20.3. The summed E-state index contributed by atoms with van der Waals surface area (Å²) >= 11 is 6.63. The highest BCUT2D eigenvalue weighted by Gasteiger charge is 2.33. The fourth-order valence-corrected chi connectivity index (χ4v) is 5.36. The van der Waals surface area contributed by atoms with Crippen LogP contribution in [0.5, 0.6) is 0 Å². The summed E-state index contributed by atoms with van der Waals surface area (Å²) in [5.74, 6) is 0.258. The van der Waals surface area contributed by atoms with E-state index in [9.17, 15) is 14.4 Å². The maximum absolute atomic E-state index is 13.5. The van der Waals surface area contributed by atoms with Gasteiger partial charge in [0.1, 0.15) is 15.8 Å². The summed E-state index contributed by atoms with van der Waals surface area (Å²) < 4.78 is 12.4. The first-order valence-corrected chi connectivity index (χ1v) is 13.2. The first kappa shape index (κ1) is 26.1. The molecule has 0 unspecified atom stereocenters. The second kappa shape index (κ2) is 11.8. The average Bonchev–Trinajstić information content (AvgIpc) is 3.15. The summed E-state index contributed by atoms with van der Waals surface area (Å²) in [6.07, 6.45) is 3.58. The molecule has 0 saturated carbocycles. The topological polar surface area (TPSA) is 96.7 Å². The van der Waals surface area contributed by atoms with Crippen molar-refractivity contribution in [2.24, 2.45) is 0 Å². The van der Waals surface area contributed by atoms with E-state index in [0.717, 1.165) is 0 Å². The minimum absolute atomic E-state index is 0.225. The van der Waals surface area contributed by atoms with Gasteiger partial charge in [-0.2, -0.15) is 0 Å². The normalized spacial score (nSPS) is 17.5. The van der Waals surface area contributed by atoms with Crippen molar-refractivity contribution < 1.29 is 19.1 Å². The van der Waals surface area contributed by atoms with E-state index in [1.165, 1.54) is 16.2 Å². The summed E-state index contributed by atoms with van der Waals surface area (Å²) in [6.45, 7) is 7.47. The molecule has 4 rings (SSSR count). The fraction of sp³-hybridized carbons (Fsp3) is 0.458. The molecule has 2 fully saturated rings. The number of rotatable bonds is 8. The Morgan fingerprint density at radius 1 is 1.17 bits per heavy atom. The van der Waals surface area contributed by atoms with Crippen molar-refractivity contribution in [2.75, 3.05) is 57.4 Å². The predicted molar refractivity (Wildman–Crippen MR) is 143 cm³/mol. The number of nitrogens with zero attached hydrogens (tertiary/aromatic N) is 5. The number of fused-ring (bicyclic) bond motifs is 1. The van der Waals surface area contributed by atoms with Crippen LogP contribution in [0.15, 0.2) is 34.1 Å². The highest BCUT2D eigenvalue weighted by molar-refractivity contribution is 8.26. The Labute approximate surface area is 218 Å². The van der Waals surface area contributed by atoms with Gasteiger partial charge in [-0.3, -0.25) is 18.9 Å². The lowest BCUT2D eigenvalue weighted by atomic mass is 10.2. The van der Waals surface area contributed by atoms with Crippen LogP contribution in [-0.2, 0) is 14.3 Å². The lowest BCUT2D eigenvalue weighted by molar-refractivity contribution is -0.122. The van der Waals surface area contributed by atoms with E-state index < -0.39 is 0 Å². The number of amides is 2. The van der Waals surface area contributed by atoms with Gasteiger partial charge < -0.3 is 19.3 Å². The summed E-state index contributed by atoms with van der Waals surface area (Å²) in [4.78, 5) is 49.1. The molecule has 2 aromatic heterocycles. The molecular formula is C24H29N5O5S2. The van der Waals surface area contributed by atoms with Gasteiger partial charge in [-0.05, 0) is 38.5 Å². The van der Waals surface area contributed by atoms with Gasteiger partial charge in [-0.1, -0.05) is 30.0 Å². The zero-order valence-corrected chi connectivity index (χ0v) is 22.0. The zero-order chi connectivity index (χ0) is 25.7. The van der Waals surface area contributed by atoms with Gasteiger partial charge in [0.2, 0.25) is 0 Å². The summed E-state index contributed by atoms with van der Waals surface area (Å²) in [7, 11) is 0. The number of ether oxygens (including phenoxy) is 2. The molecule has 36 heavy (non-hydrogen) atoms. The van der Waals surface area contributed by atoms with E-state index in [0.29, 0.717) is 85.2 Å². The molecule has 2 aromatic rings. The molecule has 2 aliphatic heterocycles. The van der Waals surface area contributed by atoms with Crippen molar-refractivity contribution in [3.05, 3.63) is 45.2 Å². The quantitative estimate of drug-likeness (QED) is 0.289. The largest absolute Gasteiger partial charge is 0.450 e. The van der Waals surface area contributed by atoms with E-state index in [4.69, 9.17) is 26.7 Å². The fourth-order valence-electron chi connectivity index (χ4n) is 4.07. The second-order valence-electron chi connectivity index (χ2n) is 8.14. The molecule has 0 spiro atoms. The number of carbonyl (C=O) groups excluding carboxylic acids is 2. The van der Waals surface area contributed by atoms with Crippen LogP contribution >= 0.6 is 24.0 Å². The molecule has 192 valence electrons. The summed E-state index contributed by atoms with van der Waals surface area (Å²) in [6, 6.07) is 5.34. The minimum atomic E-state index is -0.350. The monoisotopic (exact) mass is 531 g/mol. The van der Waals surface area contributed by atoms with E-state index in [1.54, 1.807) is 41.1 Å². The molecule has 2 amide bonds. The van der Waals surface area contributed by atoms with Crippen LogP contribution in [0, 0.1) is 0 Å². The van der Waals surface area contributed by atoms with Crippen LogP contribution in [0.3, 0.4) is 0 Å². The Balaban J connectivity index is 1.64. The van der Waals surface area contributed by atoms with Crippen molar-refractivity contribution in [1.29, 1.82) is 0 Å².